The van der Waals surface area contributed by atoms with E-state index in [1.165, 1.54) is 53.2 Å². The smallest absolute Gasteiger partial charge is 0.338 e. The van der Waals surface area contributed by atoms with Gasteiger partial charge in [-0.25, -0.2) is 0 Å². The molecule has 1 aliphatic heterocycles. The summed E-state index contributed by atoms with van der Waals surface area (Å²) in [7, 11) is 6.62. The van der Waals surface area contributed by atoms with Crippen LogP contribution in [0.1, 0.15) is 32.1 Å². The number of piperidine rings is 1. The van der Waals surface area contributed by atoms with Crippen molar-refractivity contribution in [1.29, 1.82) is 0 Å². The maximum atomic E-state index is 5.54. The lowest BCUT2D eigenvalue weighted by molar-refractivity contribution is 0.136. The van der Waals surface area contributed by atoms with Gasteiger partial charge in [-0.1, -0.05) is 19.3 Å². The highest BCUT2D eigenvalue weighted by Crippen LogP contribution is 2.37. The van der Waals surface area contributed by atoms with Crippen LogP contribution in [0.2, 0.25) is 0 Å². The highest BCUT2D eigenvalue weighted by atomic mass is 28.3. The molecule has 1 saturated carbocycles. The van der Waals surface area contributed by atoms with E-state index in [1.807, 2.05) is 0 Å². The fraction of sp³-hybridized carbons (Fsp3) is 1.00. The first-order valence-electron chi connectivity index (χ1n) is 7.89. The van der Waals surface area contributed by atoms with Crippen LogP contribution in [0.4, 0.5) is 0 Å². The topological polar surface area (TPSA) is 109 Å². The van der Waals surface area contributed by atoms with E-state index in [2.05, 4.69) is 22.5 Å². The Morgan fingerprint density at radius 2 is 1.38 bits per heavy atom. The summed E-state index contributed by atoms with van der Waals surface area (Å²) in [5, 5.41) is 3.63. The molecule has 2 aliphatic rings. The van der Waals surface area contributed by atoms with Crippen molar-refractivity contribution in [3.05, 3.63) is 0 Å². The summed E-state index contributed by atoms with van der Waals surface area (Å²) in [5.41, 5.74) is 14.0. The second-order valence-electron chi connectivity index (χ2n) is 4.82. The first kappa shape index (κ1) is 23.2. The van der Waals surface area contributed by atoms with Crippen LogP contribution >= 0.6 is 0 Å². The van der Waals surface area contributed by atoms with Crippen LogP contribution in [-0.2, 0) is 8.85 Å². The lowest BCUT2D eigenvalue weighted by atomic mass is 9.75. The molecule has 0 aromatic rings. The summed E-state index contributed by atoms with van der Waals surface area (Å²) < 4.78 is 11.1. The largest absolute Gasteiger partial charge is 0.399 e. The van der Waals surface area contributed by atoms with Crippen LogP contribution < -0.4 is 22.5 Å². The molecular weight excluding hydrogens is 284 g/mol. The average molecular weight is 323 g/mol. The Kier molecular flexibility index (Phi) is 18.1. The van der Waals surface area contributed by atoms with E-state index in [0.717, 1.165) is 18.4 Å². The third-order valence-corrected chi connectivity index (χ3v) is 6.33. The molecule has 0 amide bonds. The number of rotatable bonds is 3. The predicted octanol–water partition coefficient (Wildman–Crippen LogP) is -0.0681. The average Bonchev–Trinajstić information content (AvgIpc) is 2.61. The van der Waals surface area contributed by atoms with E-state index in [1.54, 1.807) is 14.2 Å². The van der Waals surface area contributed by atoms with Crippen LogP contribution in [0.3, 0.4) is 0 Å². The van der Waals surface area contributed by atoms with E-state index in [4.69, 9.17) is 8.85 Å². The summed E-state index contributed by atoms with van der Waals surface area (Å²) in [6.07, 6.45) is 6.99. The van der Waals surface area contributed by atoms with Crippen molar-refractivity contribution >= 4 is 9.28 Å². The highest BCUT2D eigenvalue weighted by Gasteiger charge is 2.40. The van der Waals surface area contributed by atoms with Gasteiger partial charge in [0, 0.05) is 14.2 Å². The zero-order valence-corrected chi connectivity index (χ0v) is 15.8. The molecule has 2 rings (SSSR count). The van der Waals surface area contributed by atoms with Gasteiger partial charge in [0.2, 0.25) is 0 Å². The van der Waals surface area contributed by atoms with Gasteiger partial charge in [0.25, 0.3) is 0 Å². The Morgan fingerprint density at radius 1 is 0.857 bits per heavy atom. The number of hydrogen-bond acceptors (Lipinski definition) is 6. The molecule has 0 bridgehead atoms. The van der Waals surface area contributed by atoms with Gasteiger partial charge in [0.1, 0.15) is 0 Å². The number of nitrogens with one attached hydrogen (secondary N) is 1. The highest BCUT2D eigenvalue weighted by molar-refractivity contribution is 6.46. The minimum Gasteiger partial charge on any atom is -0.399 e. The normalized spacial score (nSPS) is 27.0. The van der Waals surface area contributed by atoms with E-state index in [-0.39, 0.29) is 0 Å². The van der Waals surface area contributed by atoms with Gasteiger partial charge in [-0.3, -0.25) is 0 Å². The summed E-state index contributed by atoms with van der Waals surface area (Å²) in [5.74, 6) is 1.76. The second-order valence-corrected chi connectivity index (χ2v) is 7.21. The van der Waals surface area contributed by atoms with Crippen molar-refractivity contribution in [3.63, 3.8) is 0 Å². The molecule has 130 valence electrons. The van der Waals surface area contributed by atoms with Gasteiger partial charge >= 0.3 is 9.28 Å². The van der Waals surface area contributed by atoms with Crippen molar-refractivity contribution in [2.45, 2.75) is 37.8 Å². The first-order chi connectivity index (χ1) is 10.4. The van der Waals surface area contributed by atoms with E-state index < -0.39 is 9.28 Å². The molecule has 0 aromatic heterocycles. The molecule has 7 heteroatoms. The zero-order chi connectivity index (χ0) is 16.7. The number of fused-ring (bicyclic) bond motifs is 1. The van der Waals surface area contributed by atoms with Crippen molar-refractivity contribution in [1.82, 2.24) is 5.32 Å². The van der Waals surface area contributed by atoms with Gasteiger partial charge in [0.15, 0.2) is 0 Å². The minimum absolute atomic E-state index is 0.541. The summed E-state index contributed by atoms with van der Waals surface area (Å²) >= 11 is 0. The maximum absolute atomic E-state index is 5.54. The summed E-state index contributed by atoms with van der Waals surface area (Å²) in [4.78, 5) is 0. The molecule has 3 atom stereocenters. The lowest BCUT2D eigenvalue weighted by Crippen LogP contribution is -2.56. The molecular formula is C14H38N4O2Si. The van der Waals surface area contributed by atoms with E-state index >= 15 is 0 Å². The quantitative estimate of drug-likeness (QED) is 0.542. The predicted molar refractivity (Wildman–Crippen MR) is 93.4 cm³/mol. The summed E-state index contributed by atoms with van der Waals surface area (Å²) in [6.45, 7) is 1.15. The SMILES string of the molecule is CN.CN.CN.CO[SiH](OC)C1NCCC2CCCCC21. The molecule has 3 unspecified atom stereocenters. The third kappa shape index (κ3) is 7.69. The van der Waals surface area contributed by atoms with Crippen LogP contribution in [0.15, 0.2) is 0 Å². The molecule has 0 aromatic carbocycles. The molecule has 0 spiro atoms. The van der Waals surface area contributed by atoms with Crippen LogP contribution in [-0.4, -0.2) is 56.9 Å². The Labute approximate surface area is 133 Å². The molecule has 6 nitrogen and oxygen atoms in total. The maximum Gasteiger partial charge on any atom is 0.338 e. The monoisotopic (exact) mass is 322 g/mol. The summed E-state index contributed by atoms with van der Waals surface area (Å²) in [6, 6.07) is 0. The van der Waals surface area contributed by atoms with Gasteiger partial charge in [-0.2, -0.15) is 0 Å². The van der Waals surface area contributed by atoms with Crippen molar-refractivity contribution in [2.24, 2.45) is 29.0 Å². The minimum atomic E-state index is -1.48. The van der Waals surface area contributed by atoms with Gasteiger partial charge in [-0.05, 0) is 52.4 Å². The van der Waals surface area contributed by atoms with Gasteiger partial charge < -0.3 is 31.4 Å². The Balaban J connectivity index is 0. The second kappa shape index (κ2) is 16.3. The standard InChI is InChI=1S/C11H23NO2Si.3CH5N/c1-13-15(14-2)11-10-6-4-3-5-9(10)7-8-12-11;3*1-2/h9-12,15H,3-8H2,1-2H3;3*2H2,1H3. The van der Waals surface area contributed by atoms with Crippen LogP contribution in [0, 0.1) is 11.8 Å². The number of hydrogen-bond donors (Lipinski definition) is 4. The Bertz CT molecular complexity index is 207. The zero-order valence-electron chi connectivity index (χ0n) is 14.6. The van der Waals surface area contributed by atoms with E-state index in [9.17, 15) is 0 Å². The van der Waals surface area contributed by atoms with Crippen molar-refractivity contribution in [2.75, 3.05) is 41.9 Å². The fourth-order valence-electron chi connectivity index (χ4n) is 3.34. The molecule has 2 fully saturated rings. The molecule has 21 heavy (non-hydrogen) atoms. The molecule has 0 radical (unpaired) electrons. The molecule has 1 aliphatic carbocycles. The fourth-order valence-corrected chi connectivity index (χ4v) is 5.39. The van der Waals surface area contributed by atoms with Crippen LogP contribution in [0.5, 0.6) is 0 Å². The molecule has 7 N–H and O–H groups in total. The van der Waals surface area contributed by atoms with Gasteiger partial charge in [-0.15, -0.1) is 0 Å². The third-order valence-electron chi connectivity index (χ3n) is 4.08. The Hall–Kier alpha value is -0.0231. The van der Waals surface area contributed by atoms with Crippen molar-refractivity contribution in [3.8, 4) is 0 Å². The van der Waals surface area contributed by atoms with Crippen LogP contribution in [0.25, 0.3) is 0 Å². The molecule has 1 saturated heterocycles. The van der Waals surface area contributed by atoms with E-state index in [0.29, 0.717) is 5.67 Å². The lowest BCUT2D eigenvalue weighted by Gasteiger charge is -2.43. The Morgan fingerprint density at radius 3 is 1.90 bits per heavy atom. The first-order valence-corrected chi connectivity index (χ1v) is 9.50. The number of nitrogens with two attached hydrogens (primary N) is 3. The molecule has 1 heterocycles. The van der Waals surface area contributed by atoms with Crippen molar-refractivity contribution < 1.29 is 8.85 Å². The van der Waals surface area contributed by atoms with Gasteiger partial charge in [0.05, 0.1) is 5.67 Å².